The summed E-state index contributed by atoms with van der Waals surface area (Å²) in [7, 11) is -3.75. The van der Waals surface area contributed by atoms with Crippen molar-refractivity contribution in [3.05, 3.63) is 35.7 Å². The van der Waals surface area contributed by atoms with Crippen LogP contribution in [0.2, 0.25) is 0 Å². The van der Waals surface area contributed by atoms with E-state index in [1.165, 1.54) is 12.1 Å². The second-order valence-electron chi connectivity index (χ2n) is 4.76. The quantitative estimate of drug-likeness (QED) is 0.669. The molecule has 21 heavy (non-hydrogen) atoms. The maximum absolute atomic E-state index is 13.5. The highest BCUT2D eigenvalue weighted by molar-refractivity contribution is 7.90. The molecule has 116 valence electrons. The minimum Gasteiger partial charge on any atom is -0.478 e. The normalized spacial score (nSPS) is 12.0. The standard InChI is InChI=1S/C13H17FN2O4S/c1-9(2)8-15-21(19,20)16-11-4-5-12(14)10(7-11)3-6-13(17)18/h3-7,9,15-16H,8H2,1-2H3,(H,17,18)/b6-3+. The summed E-state index contributed by atoms with van der Waals surface area (Å²) in [5.41, 5.74) is 0.110. The van der Waals surface area contributed by atoms with Crippen molar-refractivity contribution in [3.63, 3.8) is 0 Å². The van der Waals surface area contributed by atoms with Gasteiger partial charge in [0.2, 0.25) is 0 Å². The first-order chi connectivity index (χ1) is 9.69. The number of carboxylic acid groups (broad SMARTS) is 1. The van der Waals surface area contributed by atoms with E-state index in [2.05, 4.69) is 9.44 Å². The van der Waals surface area contributed by atoms with Crippen molar-refractivity contribution in [2.75, 3.05) is 11.3 Å². The molecule has 0 bridgehead atoms. The van der Waals surface area contributed by atoms with E-state index in [9.17, 15) is 17.6 Å². The van der Waals surface area contributed by atoms with Gasteiger partial charge in [-0.2, -0.15) is 13.1 Å². The Labute approximate surface area is 122 Å². The highest BCUT2D eigenvalue weighted by atomic mass is 32.2. The van der Waals surface area contributed by atoms with E-state index < -0.39 is 22.0 Å². The summed E-state index contributed by atoms with van der Waals surface area (Å²) in [6.45, 7) is 3.98. The largest absolute Gasteiger partial charge is 0.478 e. The van der Waals surface area contributed by atoms with Crippen LogP contribution in [0.4, 0.5) is 10.1 Å². The molecule has 0 aliphatic carbocycles. The van der Waals surface area contributed by atoms with Crippen molar-refractivity contribution >= 4 is 27.9 Å². The first kappa shape index (κ1) is 17.1. The maximum Gasteiger partial charge on any atom is 0.328 e. The van der Waals surface area contributed by atoms with Crippen LogP contribution in [0, 0.1) is 11.7 Å². The lowest BCUT2D eigenvalue weighted by Gasteiger charge is -2.11. The van der Waals surface area contributed by atoms with Gasteiger partial charge < -0.3 is 5.11 Å². The third-order valence-corrected chi connectivity index (χ3v) is 3.39. The molecule has 0 atom stereocenters. The van der Waals surface area contributed by atoms with Gasteiger partial charge in [0.05, 0.1) is 5.69 Å². The van der Waals surface area contributed by atoms with Crippen LogP contribution in [0.15, 0.2) is 24.3 Å². The number of carbonyl (C=O) groups is 1. The number of hydrogen-bond acceptors (Lipinski definition) is 3. The van der Waals surface area contributed by atoms with Crippen LogP contribution in [0.5, 0.6) is 0 Å². The fourth-order valence-electron chi connectivity index (χ4n) is 1.36. The maximum atomic E-state index is 13.5. The molecule has 1 aromatic rings. The van der Waals surface area contributed by atoms with Crippen LogP contribution in [0.3, 0.4) is 0 Å². The highest BCUT2D eigenvalue weighted by Gasteiger charge is 2.11. The van der Waals surface area contributed by atoms with Gasteiger partial charge in [0, 0.05) is 18.2 Å². The number of benzene rings is 1. The van der Waals surface area contributed by atoms with Gasteiger partial charge in [0.25, 0.3) is 10.2 Å². The van der Waals surface area contributed by atoms with Crippen LogP contribution in [0.1, 0.15) is 19.4 Å². The van der Waals surface area contributed by atoms with Crippen molar-refractivity contribution in [2.45, 2.75) is 13.8 Å². The molecular weight excluding hydrogens is 299 g/mol. The summed E-state index contributed by atoms with van der Waals surface area (Å²) in [6.07, 6.45) is 1.82. The van der Waals surface area contributed by atoms with Gasteiger partial charge in [-0.3, -0.25) is 4.72 Å². The zero-order chi connectivity index (χ0) is 16.0. The van der Waals surface area contributed by atoms with Crippen LogP contribution in [-0.4, -0.2) is 26.0 Å². The molecule has 1 aromatic carbocycles. The Bertz CT molecular complexity index is 642. The number of halogens is 1. The van der Waals surface area contributed by atoms with Crippen molar-refractivity contribution < 1.29 is 22.7 Å². The van der Waals surface area contributed by atoms with Gasteiger partial charge in [-0.1, -0.05) is 13.8 Å². The fourth-order valence-corrected chi connectivity index (χ4v) is 2.43. The van der Waals surface area contributed by atoms with Gasteiger partial charge in [0.15, 0.2) is 0 Å². The van der Waals surface area contributed by atoms with E-state index in [1.807, 2.05) is 13.8 Å². The third-order valence-electron chi connectivity index (χ3n) is 2.34. The van der Waals surface area contributed by atoms with Crippen LogP contribution in [-0.2, 0) is 15.0 Å². The number of carboxylic acids is 1. The molecule has 0 amide bonds. The molecule has 8 heteroatoms. The van der Waals surface area contributed by atoms with Gasteiger partial charge in [-0.05, 0) is 30.2 Å². The Balaban J connectivity index is 2.90. The molecule has 0 spiro atoms. The smallest absolute Gasteiger partial charge is 0.328 e. The number of anilines is 1. The average Bonchev–Trinajstić information content (AvgIpc) is 2.37. The summed E-state index contributed by atoms with van der Waals surface area (Å²) in [5.74, 6) is -1.73. The fraction of sp³-hybridized carbons (Fsp3) is 0.308. The molecule has 0 aromatic heterocycles. The summed E-state index contributed by atoms with van der Waals surface area (Å²) >= 11 is 0. The molecule has 0 aliphatic rings. The topological polar surface area (TPSA) is 95.5 Å². The Morgan fingerprint density at radius 3 is 2.67 bits per heavy atom. The number of rotatable bonds is 7. The molecule has 3 N–H and O–H groups in total. The SMILES string of the molecule is CC(C)CNS(=O)(=O)Nc1ccc(F)c(/C=C/C(=O)O)c1. The predicted octanol–water partition coefficient (Wildman–Crippen LogP) is 1.83. The zero-order valence-corrected chi connectivity index (χ0v) is 12.4. The first-order valence-electron chi connectivity index (χ1n) is 6.17. The minimum absolute atomic E-state index is 0.0264. The third kappa shape index (κ3) is 6.37. The Morgan fingerprint density at radius 2 is 2.10 bits per heavy atom. The van der Waals surface area contributed by atoms with Crippen LogP contribution >= 0.6 is 0 Å². The van der Waals surface area contributed by atoms with E-state index in [0.29, 0.717) is 0 Å². The molecule has 0 aliphatic heterocycles. The van der Waals surface area contributed by atoms with Crippen molar-refractivity contribution in [1.29, 1.82) is 0 Å². The lowest BCUT2D eigenvalue weighted by atomic mass is 10.2. The number of aliphatic carboxylic acids is 1. The Kier molecular flexibility index (Phi) is 5.86. The second kappa shape index (κ2) is 7.19. The van der Waals surface area contributed by atoms with Gasteiger partial charge in [-0.25, -0.2) is 9.18 Å². The molecule has 0 saturated carbocycles. The van der Waals surface area contributed by atoms with Crippen molar-refractivity contribution in [2.24, 2.45) is 5.92 Å². The highest BCUT2D eigenvalue weighted by Crippen LogP contribution is 2.17. The van der Waals surface area contributed by atoms with Crippen molar-refractivity contribution in [3.8, 4) is 0 Å². The van der Waals surface area contributed by atoms with Gasteiger partial charge in [-0.15, -0.1) is 0 Å². The molecule has 1 rings (SSSR count). The van der Waals surface area contributed by atoms with E-state index in [0.717, 1.165) is 18.2 Å². The Morgan fingerprint density at radius 1 is 1.43 bits per heavy atom. The van der Waals surface area contributed by atoms with Gasteiger partial charge in [0.1, 0.15) is 5.82 Å². The molecule has 0 fully saturated rings. The monoisotopic (exact) mass is 316 g/mol. The molecule has 0 saturated heterocycles. The van der Waals surface area contributed by atoms with E-state index in [1.54, 1.807) is 0 Å². The number of hydrogen-bond donors (Lipinski definition) is 3. The van der Waals surface area contributed by atoms with Gasteiger partial charge >= 0.3 is 5.97 Å². The first-order valence-corrected chi connectivity index (χ1v) is 7.66. The Hall–Kier alpha value is -1.93. The minimum atomic E-state index is -3.75. The molecule has 0 heterocycles. The molecule has 0 unspecified atom stereocenters. The zero-order valence-electron chi connectivity index (χ0n) is 11.6. The van der Waals surface area contributed by atoms with E-state index in [-0.39, 0.29) is 23.7 Å². The summed E-state index contributed by atoms with van der Waals surface area (Å²) in [5, 5.41) is 8.51. The summed E-state index contributed by atoms with van der Waals surface area (Å²) < 4.78 is 41.5. The van der Waals surface area contributed by atoms with E-state index in [4.69, 9.17) is 5.11 Å². The lowest BCUT2D eigenvalue weighted by Crippen LogP contribution is -2.32. The van der Waals surface area contributed by atoms with Crippen molar-refractivity contribution in [1.82, 2.24) is 4.72 Å². The molecular formula is C13H17FN2O4S. The number of nitrogens with one attached hydrogen (secondary N) is 2. The predicted molar refractivity (Wildman–Crippen MR) is 78.5 cm³/mol. The van der Waals surface area contributed by atoms with E-state index >= 15 is 0 Å². The average molecular weight is 316 g/mol. The molecule has 6 nitrogen and oxygen atoms in total. The van der Waals surface area contributed by atoms with Crippen LogP contribution in [0.25, 0.3) is 6.08 Å². The lowest BCUT2D eigenvalue weighted by molar-refractivity contribution is -0.131. The summed E-state index contributed by atoms with van der Waals surface area (Å²) in [4.78, 5) is 10.4. The summed E-state index contributed by atoms with van der Waals surface area (Å²) in [6, 6.07) is 3.52. The molecule has 0 radical (unpaired) electrons. The van der Waals surface area contributed by atoms with Crippen LogP contribution < -0.4 is 9.44 Å². The second-order valence-corrected chi connectivity index (χ2v) is 6.26.